The van der Waals surface area contributed by atoms with E-state index in [-0.39, 0.29) is 48.3 Å². The molecule has 2 saturated heterocycles. The monoisotopic (exact) mass is 1310 g/mol. The van der Waals surface area contributed by atoms with Crippen molar-refractivity contribution in [1.29, 1.82) is 0 Å². The summed E-state index contributed by atoms with van der Waals surface area (Å²) in [5, 5.41) is 15.1. The van der Waals surface area contributed by atoms with Crippen LogP contribution in [0.15, 0.2) is 90.8 Å². The molecule has 14 atom stereocenters. The maximum atomic E-state index is 14.7. The number of fused-ring (bicyclic) bond motifs is 3. The lowest BCUT2D eigenvalue weighted by molar-refractivity contribution is -0.274. The van der Waals surface area contributed by atoms with E-state index in [0.717, 1.165) is 84.6 Å². The Balaban J connectivity index is 1.72. The highest BCUT2D eigenvalue weighted by atomic mass is 28.4. The normalized spacial score (nSPS) is 30.5. The predicted molar refractivity (Wildman–Crippen MR) is 369 cm³/mol. The minimum Gasteiger partial charge on any atom is -0.494 e. The molecule has 0 spiro atoms. The number of esters is 1. The van der Waals surface area contributed by atoms with Gasteiger partial charge in [0.1, 0.15) is 24.2 Å². The summed E-state index contributed by atoms with van der Waals surface area (Å²) in [6.07, 6.45) is 13.7. The van der Waals surface area contributed by atoms with Crippen LogP contribution in [0.2, 0.25) is 96.7 Å². The molecule has 1 aromatic rings. The number of carboxylic acid groups (broad SMARTS) is 1. The molecular formula is C69H119NO13Si5. The second kappa shape index (κ2) is 35.8. The van der Waals surface area contributed by atoms with Gasteiger partial charge in [-0.3, -0.25) is 14.4 Å². The molecule has 2 fully saturated rings. The maximum Gasteiger partial charge on any atom is 0.313 e. The number of benzene rings is 1. The molecule has 2 N–H and O–H groups in total. The van der Waals surface area contributed by atoms with Gasteiger partial charge in [0.05, 0.1) is 68.1 Å². The predicted octanol–water partition coefficient (Wildman–Crippen LogP) is 16.8. The molecule has 4 aliphatic rings. The Bertz CT molecular complexity index is 2410. The topological polar surface area (TPSA) is 170 Å². The van der Waals surface area contributed by atoms with Crippen molar-refractivity contribution in [3.05, 3.63) is 96.3 Å². The molecule has 4 aliphatic heterocycles. The smallest absolute Gasteiger partial charge is 0.313 e. The first-order valence-electron chi connectivity index (χ1n) is 34.6. The summed E-state index contributed by atoms with van der Waals surface area (Å²) >= 11 is 0. The summed E-state index contributed by atoms with van der Waals surface area (Å²) in [6.45, 7) is 37.2. The average molecular weight is 1310 g/mol. The van der Waals surface area contributed by atoms with E-state index in [9.17, 15) is 19.5 Å². The number of nitrogens with one attached hydrogen (secondary N) is 1. The lowest BCUT2D eigenvalue weighted by Crippen LogP contribution is -2.68. The molecule has 0 radical (unpaired) electrons. The fourth-order valence-corrected chi connectivity index (χ4v) is 28.1. The third-order valence-corrected chi connectivity index (χ3v) is 45.5. The number of allylic oxidation sites excluding steroid dienone is 6. The zero-order chi connectivity index (χ0) is 64.9. The molecule has 1 amide bonds. The number of rotatable bonds is 28. The van der Waals surface area contributed by atoms with Crippen LogP contribution in [0.1, 0.15) is 153 Å². The standard InChI is InChI=1S/C69H119NO13Si5/c1-18-84(17,19-2)61-50-58-57(79-58)49-56(80-85(20-3,21-4)22-5)46-55-48-60(81-86(23-6,24-7)25-8)62(67(72)73)59(77-55)47-54(45-41-36-34-32-33-35-38-42-51(15)75-68(61)74)78-69-65(83-88(29-12,30-13)31-14)63(70-66(71)53-43-39-37-40-44-53)64(52(16)76-69)82-87(26-9,27-10)28-11/h32-41,43-45,48,51-52,54,56-65,69H,18-31,42,46-47,49-50H2,1-17H3,(H,70,71)(H,72,73)/b33-32+,36-34+,38-35+,45-41+/t51-,52-,54+,56-,57-,58-,59+,60+,61?,62+,63+,64-,65+,69+/m1/s1. The summed E-state index contributed by atoms with van der Waals surface area (Å²) in [7, 11) is -11.7. The van der Waals surface area contributed by atoms with E-state index < -0.39 is 102 Å². The lowest BCUT2D eigenvalue weighted by Gasteiger charge is -2.51. The molecule has 1 aromatic carbocycles. The SMILES string of the molecule is CC[Si](CC)(CC)O[C@@H]1CC2=C[C@H](O[Si](CC)(CC)CC)[C@@H](C(=O)O)[C@H](C[C@@H](O[C@@H]3O[C@H](C)[C@@H](O[Si](CC)(CC)CC)[C@H](NC(=O)c4ccccc4)[C@@H]3O[Si](CC)(CC)CC)/C=C/C=C/C=C/C=C/C[C@@H](C)OC(=O)C([Si](C)(CC)CC)C[C@H]3O[C@@H]3C1)O2. The third-order valence-electron chi connectivity index (χ3n) is 21.5. The van der Waals surface area contributed by atoms with Crippen molar-refractivity contribution >= 4 is 59.2 Å². The fraction of sp³-hybridized carbons (Fsp3) is 0.725. The van der Waals surface area contributed by atoms with Crippen molar-refractivity contribution in [3.8, 4) is 0 Å². The molecule has 4 heterocycles. The first kappa shape index (κ1) is 75.7. The Hall–Kier alpha value is -3.07. The number of aliphatic carboxylic acids is 1. The highest BCUT2D eigenvalue weighted by molar-refractivity contribution is 6.82. The van der Waals surface area contributed by atoms with Crippen molar-refractivity contribution in [1.82, 2.24) is 5.32 Å². The van der Waals surface area contributed by atoms with Gasteiger partial charge in [0.2, 0.25) is 0 Å². The van der Waals surface area contributed by atoms with Crippen molar-refractivity contribution in [2.24, 2.45) is 5.92 Å². The maximum absolute atomic E-state index is 14.7. The van der Waals surface area contributed by atoms with Crippen LogP contribution < -0.4 is 5.32 Å². The van der Waals surface area contributed by atoms with Crippen molar-refractivity contribution in [2.45, 2.75) is 313 Å². The molecule has 0 aromatic heterocycles. The molecule has 0 saturated carbocycles. The molecule has 5 rings (SSSR count). The number of ether oxygens (including phenoxy) is 5. The van der Waals surface area contributed by atoms with E-state index in [1.165, 1.54) is 0 Å². The van der Waals surface area contributed by atoms with Gasteiger partial charge in [0, 0.05) is 31.2 Å². The first-order valence-corrected chi connectivity index (χ1v) is 47.7. The van der Waals surface area contributed by atoms with Crippen LogP contribution in [0.5, 0.6) is 0 Å². The van der Waals surface area contributed by atoms with E-state index >= 15 is 0 Å². The van der Waals surface area contributed by atoms with E-state index in [2.05, 4.69) is 109 Å². The van der Waals surface area contributed by atoms with Crippen LogP contribution in [0.25, 0.3) is 0 Å². The number of hydrogen-bond donors (Lipinski definition) is 2. The van der Waals surface area contributed by atoms with Crippen molar-refractivity contribution in [2.75, 3.05) is 0 Å². The Kier molecular flexibility index (Phi) is 30.8. The largest absolute Gasteiger partial charge is 0.494 e. The highest BCUT2D eigenvalue weighted by Gasteiger charge is 2.54. The molecule has 1 unspecified atom stereocenters. The van der Waals surface area contributed by atoms with E-state index in [0.29, 0.717) is 37.0 Å². The van der Waals surface area contributed by atoms with Crippen LogP contribution in [0.4, 0.5) is 0 Å². The zero-order valence-corrected chi connectivity index (χ0v) is 62.4. The molecule has 2 bridgehead atoms. The molecular weight excluding hydrogens is 1190 g/mol. The molecule has 19 heteroatoms. The summed E-state index contributed by atoms with van der Waals surface area (Å²) in [5.41, 5.74) is 0.310. The van der Waals surface area contributed by atoms with Gasteiger partial charge < -0.3 is 51.8 Å². The van der Waals surface area contributed by atoms with Gasteiger partial charge in [-0.25, -0.2) is 0 Å². The number of carboxylic acids is 1. The number of epoxide rings is 1. The lowest BCUT2D eigenvalue weighted by atomic mass is 9.88. The number of cyclic esters (lactones) is 1. The van der Waals surface area contributed by atoms with E-state index in [1.807, 2.05) is 98.9 Å². The van der Waals surface area contributed by atoms with Gasteiger partial charge in [-0.1, -0.05) is 182 Å². The van der Waals surface area contributed by atoms with Crippen LogP contribution in [0, 0.1) is 5.92 Å². The number of carbonyl (C=O) groups excluding carboxylic acids is 2. The quantitative estimate of drug-likeness (QED) is 0.0462. The Morgan fingerprint density at radius 3 is 1.65 bits per heavy atom. The highest BCUT2D eigenvalue weighted by Crippen LogP contribution is 2.45. The van der Waals surface area contributed by atoms with Gasteiger partial charge >= 0.3 is 11.9 Å². The Morgan fingerprint density at radius 2 is 1.10 bits per heavy atom. The minimum atomic E-state index is -2.51. The van der Waals surface area contributed by atoms with Crippen LogP contribution in [0.3, 0.4) is 0 Å². The van der Waals surface area contributed by atoms with E-state index in [1.54, 1.807) is 0 Å². The second-order valence-corrected chi connectivity index (χ2v) is 50.3. The van der Waals surface area contributed by atoms with Crippen molar-refractivity contribution < 1.29 is 60.9 Å². The Morgan fingerprint density at radius 1 is 0.591 bits per heavy atom. The van der Waals surface area contributed by atoms with Gasteiger partial charge in [-0.2, -0.15) is 0 Å². The van der Waals surface area contributed by atoms with Crippen LogP contribution in [-0.4, -0.2) is 138 Å². The second-order valence-electron chi connectivity index (χ2n) is 26.0. The Labute approximate surface area is 537 Å². The van der Waals surface area contributed by atoms with Gasteiger partial charge in [-0.15, -0.1) is 0 Å². The van der Waals surface area contributed by atoms with Gasteiger partial charge in [0.15, 0.2) is 39.6 Å². The zero-order valence-electron chi connectivity index (χ0n) is 57.4. The molecule has 0 aliphatic carbocycles. The number of carbonyl (C=O) groups is 3. The molecule has 14 nitrogen and oxygen atoms in total. The summed E-state index contributed by atoms with van der Waals surface area (Å²) in [5.74, 6) is -1.81. The summed E-state index contributed by atoms with van der Waals surface area (Å²) in [4.78, 5) is 43.2. The summed E-state index contributed by atoms with van der Waals surface area (Å²) < 4.78 is 64.8. The third kappa shape index (κ3) is 20.0. The van der Waals surface area contributed by atoms with Crippen LogP contribution in [-0.2, 0) is 51.0 Å². The average Bonchev–Trinajstić information content (AvgIpc) is 1.31. The minimum absolute atomic E-state index is 0.115. The van der Waals surface area contributed by atoms with Crippen molar-refractivity contribution in [3.63, 3.8) is 0 Å². The summed E-state index contributed by atoms with van der Waals surface area (Å²) in [6, 6.07) is 21.1. The molecule has 88 heavy (non-hydrogen) atoms. The fourth-order valence-electron chi connectivity index (χ4n) is 13.7. The molecule has 498 valence electrons. The number of amides is 1. The first-order chi connectivity index (χ1) is 42.1. The van der Waals surface area contributed by atoms with Crippen LogP contribution >= 0.6 is 0 Å². The van der Waals surface area contributed by atoms with Gasteiger partial charge in [-0.05, 0) is 111 Å². The number of hydrogen-bond acceptors (Lipinski definition) is 12. The van der Waals surface area contributed by atoms with Gasteiger partial charge in [0.25, 0.3) is 5.91 Å². The van der Waals surface area contributed by atoms with E-state index in [4.69, 9.17) is 41.4 Å².